The first-order valence-corrected chi connectivity index (χ1v) is 9.05. The van der Waals surface area contributed by atoms with Gasteiger partial charge in [-0.25, -0.2) is 0 Å². The molecule has 23 heavy (non-hydrogen) atoms. The van der Waals surface area contributed by atoms with Crippen molar-refractivity contribution < 1.29 is 20.3 Å². The fourth-order valence-corrected chi connectivity index (χ4v) is 2.93. The molecule has 0 fully saturated rings. The quantitative estimate of drug-likeness (QED) is 0.290. The summed E-state index contributed by atoms with van der Waals surface area (Å²) in [7, 11) is 0. The molecule has 0 saturated carbocycles. The number of hydrogen-bond donors (Lipinski definition) is 3. The van der Waals surface area contributed by atoms with Crippen LogP contribution in [0.3, 0.4) is 0 Å². The van der Waals surface area contributed by atoms with Crippen molar-refractivity contribution in [1.82, 2.24) is 5.32 Å². The zero-order valence-corrected chi connectivity index (χ0v) is 15.3. The van der Waals surface area contributed by atoms with E-state index in [4.69, 9.17) is 11.5 Å². The van der Waals surface area contributed by atoms with Crippen molar-refractivity contribution in [3.05, 3.63) is 36.2 Å². The molecule has 128 valence electrons. The van der Waals surface area contributed by atoms with Gasteiger partial charge >= 0.3 is 18.9 Å². The van der Waals surface area contributed by atoms with E-state index in [-0.39, 0.29) is 26.5 Å². The van der Waals surface area contributed by atoms with Crippen molar-refractivity contribution in [2.45, 2.75) is 77.3 Å². The molecule has 0 amide bonds. The Morgan fingerprint density at radius 3 is 2.26 bits per heavy atom. The smallest absolute Gasteiger partial charge is 1.00 e. The Balaban J connectivity index is 0. The van der Waals surface area contributed by atoms with Crippen LogP contribution in [-0.4, -0.2) is 6.17 Å². The summed E-state index contributed by atoms with van der Waals surface area (Å²) < 4.78 is 0. The minimum absolute atomic E-state index is 0. The average Bonchev–Trinajstić information content (AvgIpc) is 2.78. The SMILES string of the molecule is CCCCC(CCCCCCCC(N)N)C1=CC=CC=CN1.[H-].[Li+]. The summed E-state index contributed by atoms with van der Waals surface area (Å²) in [5, 5.41) is 3.45. The van der Waals surface area contributed by atoms with Crippen LogP contribution < -0.4 is 35.6 Å². The van der Waals surface area contributed by atoms with E-state index in [1.54, 1.807) is 0 Å². The second kappa shape index (κ2) is 15.1. The van der Waals surface area contributed by atoms with Gasteiger partial charge in [0.2, 0.25) is 0 Å². The molecule has 0 aromatic heterocycles. The molecular formula is C19H36LiN3. The third-order valence-corrected chi connectivity index (χ3v) is 4.28. The standard InChI is InChI=1S/C19H35N3.Li.H/c1-2-3-12-17(18-14-9-7-11-16-22-18)13-8-5-4-6-10-15-19(20)21;;/h7,9,11,14,16-17,19,22H,2-6,8,10,12-13,15,20-21H2,1H3;;/q;+1;-1. The molecule has 0 spiro atoms. The van der Waals surface area contributed by atoms with Crippen LogP contribution in [0.25, 0.3) is 0 Å². The van der Waals surface area contributed by atoms with Gasteiger partial charge in [-0.2, -0.15) is 0 Å². The molecule has 1 aliphatic heterocycles. The summed E-state index contributed by atoms with van der Waals surface area (Å²) in [5.74, 6) is 0.671. The van der Waals surface area contributed by atoms with Crippen LogP contribution >= 0.6 is 0 Å². The van der Waals surface area contributed by atoms with Crippen LogP contribution in [0, 0.1) is 5.92 Å². The predicted octanol–water partition coefficient (Wildman–Crippen LogP) is 1.44. The van der Waals surface area contributed by atoms with Gasteiger partial charge in [-0.15, -0.1) is 0 Å². The van der Waals surface area contributed by atoms with Gasteiger partial charge in [0.15, 0.2) is 0 Å². The van der Waals surface area contributed by atoms with Gasteiger partial charge in [0.1, 0.15) is 0 Å². The van der Waals surface area contributed by atoms with Crippen molar-refractivity contribution in [3.8, 4) is 0 Å². The van der Waals surface area contributed by atoms with Crippen LogP contribution in [0.4, 0.5) is 0 Å². The average molecular weight is 313 g/mol. The Hall–Kier alpha value is -0.463. The zero-order valence-electron chi connectivity index (χ0n) is 16.3. The maximum atomic E-state index is 5.57. The van der Waals surface area contributed by atoms with Gasteiger partial charge in [0.05, 0.1) is 6.17 Å². The van der Waals surface area contributed by atoms with Crippen molar-refractivity contribution >= 4 is 0 Å². The van der Waals surface area contributed by atoms with E-state index >= 15 is 0 Å². The summed E-state index contributed by atoms with van der Waals surface area (Å²) in [6, 6.07) is 0. The summed E-state index contributed by atoms with van der Waals surface area (Å²) in [5.41, 5.74) is 12.5. The van der Waals surface area contributed by atoms with Crippen molar-refractivity contribution in [2.24, 2.45) is 17.4 Å². The molecule has 5 N–H and O–H groups in total. The third kappa shape index (κ3) is 11.7. The van der Waals surface area contributed by atoms with Gasteiger partial charge in [0, 0.05) is 11.9 Å². The molecule has 4 heteroatoms. The topological polar surface area (TPSA) is 64.1 Å². The maximum Gasteiger partial charge on any atom is 1.00 e. The molecule has 1 heterocycles. The first-order chi connectivity index (χ1) is 10.7. The monoisotopic (exact) mass is 313 g/mol. The van der Waals surface area contributed by atoms with Gasteiger partial charge in [-0.1, -0.05) is 64.0 Å². The molecule has 1 aliphatic rings. The van der Waals surface area contributed by atoms with Crippen LogP contribution in [0.2, 0.25) is 0 Å². The number of rotatable bonds is 12. The van der Waals surface area contributed by atoms with Crippen LogP contribution in [0.15, 0.2) is 36.2 Å². The Kier molecular flexibility index (Phi) is 14.8. The van der Waals surface area contributed by atoms with Crippen molar-refractivity contribution in [2.75, 3.05) is 0 Å². The molecule has 0 aromatic rings. The number of nitrogens with two attached hydrogens (primary N) is 2. The van der Waals surface area contributed by atoms with Gasteiger partial charge in [-0.3, -0.25) is 0 Å². The van der Waals surface area contributed by atoms with E-state index in [0.29, 0.717) is 5.92 Å². The Morgan fingerprint density at radius 1 is 0.913 bits per heavy atom. The number of hydrogen-bond acceptors (Lipinski definition) is 3. The van der Waals surface area contributed by atoms with E-state index in [1.165, 1.54) is 63.5 Å². The fourth-order valence-electron chi connectivity index (χ4n) is 2.93. The molecular weight excluding hydrogens is 277 g/mol. The maximum absolute atomic E-state index is 5.57. The molecule has 0 radical (unpaired) electrons. The van der Waals surface area contributed by atoms with Crippen molar-refractivity contribution in [3.63, 3.8) is 0 Å². The van der Waals surface area contributed by atoms with E-state index in [0.717, 1.165) is 6.42 Å². The number of allylic oxidation sites excluding steroid dienone is 5. The normalized spacial score (nSPS) is 14.9. The Labute approximate surface area is 156 Å². The minimum Gasteiger partial charge on any atom is -1.00 e. The van der Waals surface area contributed by atoms with E-state index in [2.05, 4.69) is 36.5 Å². The zero-order chi connectivity index (χ0) is 16.0. The second-order valence-electron chi connectivity index (χ2n) is 6.36. The summed E-state index contributed by atoms with van der Waals surface area (Å²) in [4.78, 5) is 0. The molecule has 1 unspecified atom stereocenters. The fraction of sp³-hybridized carbons (Fsp3) is 0.684. The Morgan fingerprint density at radius 2 is 1.57 bits per heavy atom. The molecule has 3 nitrogen and oxygen atoms in total. The minimum atomic E-state index is -0.132. The molecule has 0 saturated heterocycles. The molecule has 0 aliphatic carbocycles. The number of unbranched alkanes of at least 4 members (excludes halogenated alkanes) is 5. The predicted molar refractivity (Wildman–Crippen MR) is 98.1 cm³/mol. The third-order valence-electron chi connectivity index (χ3n) is 4.28. The molecule has 0 aromatic carbocycles. The van der Waals surface area contributed by atoms with Crippen LogP contribution in [0.1, 0.15) is 72.6 Å². The molecule has 1 atom stereocenters. The summed E-state index contributed by atoms with van der Waals surface area (Å²) >= 11 is 0. The van der Waals surface area contributed by atoms with Gasteiger partial charge in [0.25, 0.3) is 0 Å². The largest absolute Gasteiger partial charge is 1.00 e. The first-order valence-electron chi connectivity index (χ1n) is 9.05. The number of nitrogens with one attached hydrogen (secondary N) is 1. The van der Waals surface area contributed by atoms with E-state index < -0.39 is 0 Å². The molecule has 0 bridgehead atoms. The van der Waals surface area contributed by atoms with Crippen molar-refractivity contribution in [1.29, 1.82) is 0 Å². The van der Waals surface area contributed by atoms with E-state index in [9.17, 15) is 0 Å². The van der Waals surface area contributed by atoms with Gasteiger partial charge in [-0.05, 0) is 37.3 Å². The summed E-state index contributed by atoms with van der Waals surface area (Å²) in [6.45, 7) is 2.27. The summed E-state index contributed by atoms with van der Waals surface area (Å²) in [6.07, 6.45) is 22.9. The molecule has 1 rings (SSSR count). The second-order valence-corrected chi connectivity index (χ2v) is 6.36. The Bertz CT molecular complexity index is 368. The van der Waals surface area contributed by atoms with E-state index in [1.807, 2.05) is 6.20 Å². The first kappa shape index (κ1) is 22.5. The van der Waals surface area contributed by atoms with Gasteiger partial charge < -0.3 is 18.2 Å². The van der Waals surface area contributed by atoms with Crippen LogP contribution in [0.5, 0.6) is 0 Å². The van der Waals surface area contributed by atoms with Crippen LogP contribution in [-0.2, 0) is 0 Å².